The Hall–Kier alpha value is -3.40. The summed E-state index contributed by atoms with van der Waals surface area (Å²) in [5.74, 6) is -0.121. The lowest BCUT2D eigenvalue weighted by atomic mass is 9.89. The first-order chi connectivity index (χ1) is 15.7. The fraction of sp³-hybridized carbons (Fsp3) is 0.250. The van der Waals surface area contributed by atoms with Crippen LogP contribution in [0.4, 0.5) is 4.39 Å². The zero-order valence-corrected chi connectivity index (χ0v) is 17.9. The lowest BCUT2D eigenvalue weighted by Gasteiger charge is -2.36. The van der Waals surface area contributed by atoms with Crippen molar-refractivity contribution >= 4 is 16.8 Å². The first-order valence-corrected chi connectivity index (χ1v) is 11.5. The number of carbonyl (C=O) groups is 1. The second kappa shape index (κ2) is 7.63. The van der Waals surface area contributed by atoms with E-state index in [1.54, 1.807) is 0 Å². The molecule has 1 fully saturated rings. The summed E-state index contributed by atoms with van der Waals surface area (Å²) in [5.41, 5.74) is 5.90. The van der Waals surface area contributed by atoms with Crippen molar-refractivity contribution in [3.05, 3.63) is 95.3 Å². The summed E-state index contributed by atoms with van der Waals surface area (Å²) in [7, 11) is 0. The number of amides is 1. The predicted molar refractivity (Wildman–Crippen MR) is 125 cm³/mol. The highest BCUT2D eigenvalue weighted by atomic mass is 19.1. The van der Waals surface area contributed by atoms with E-state index in [1.807, 2.05) is 42.5 Å². The number of hydrogen-bond donors (Lipinski definition) is 1. The minimum atomic E-state index is -0.253. The van der Waals surface area contributed by atoms with Crippen LogP contribution in [0, 0.1) is 5.82 Å². The highest BCUT2D eigenvalue weighted by molar-refractivity contribution is 6.02. The van der Waals surface area contributed by atoms with E-state index in [-0.39, 0.29) is 23.8 Å². The first-order valence-electron chi connectivity index (χ1n) is 11.5. The summed E-state index contributed by atoms with van der Waals surface area (Å²) in [6, 6.07) is 23.0. The van der Waals surface area contributed by atoms with E-state index in [0.29, 0.717) is 0 Å². The molecule has 1 aliphatic carbocycles. The third-order valence-corrected chi connectivity index (χ3v) is 7.12. The van der Waals surface area contributed by atoms with Gasteiger partial charge in [0.2, 0.25) is 0 Å². The number of aromatic nitrogens is 1. The van der Waals surface area contributed by atoms with Gasteiger partial charge in [-0.05, 0) is 60.4 Å². The molecule has 0 saturated heterocycles. The van der Waals surface area contributed by atoms with Crippen LogP contribution in [0.5, 0.6) is 0 Å². The molecule has 3 nitrogen and oxygen atoms in total. The van der Waals surface area contributed by atoms with Crippen molar-refractivity contribution in [3.63, 3.8) is 0 Å². The molecule has 6 rings (SSSR count). The zero-order valence-electron chi connectivity index (χ0n) is 17.9. The number of para-hydroxylation sites is 1. The fourth-order valence-electron chi connectivity index (χ4n) is 5.66. The molecule has 3 aromatic carbocycles. The molecule has 0 radical (unpaired) electrons. The largest absolute Gasteiger partial charge is 0.354 e. The normalized spacial score (nSPS) is 19.0. The molecule has 1 saturated carbocycles. The first kappa shape index (κ1) is 19.3. The standard InChI is InChI=1S/C28H25FN2O/c29-19-16-14-18(15-17-19)26-25(23-12-6-7-13-24(23)30-26)27-21-10-4-5-11-22(21)28(32)31(27)20-8-2-1-3-9-20/h4-7,10-17,20,27,30H,1-3,8-9H2/t27-/m0/s1. The Morgan fingerprint density at radius 1 is 0.844 bits per heavy atom. The number of rotatable bonds is 3. The van der Waals surface area contributed by atoms with Crippen molar-refractivity contribution < 1.29 is 9.18 Å². The second-order valence-corrected chi connectivity index (χ2v) is 8.96. The molecule has 4 heteroatoms. The van der Waals surface area contributed by atoms with Gasteiger partial charge in [-0.15, -0.1) is 0 Å². The van der Waals surface area contributed by atoms with Crippen LogP contribution in [0.1, 0.15) is 59.6 Å². The Morgan fingerprint density at radius 3 is 2.38 bits per heavy atom. The van der Waals surface area contributed by atoms with E-state index in [1.165, 1.54) is 18.6 Å². The van der Waals surface area contributed by atoms with Crippen LogP contribution in [0.3, 0.4) is 0 Å². The van der Waals surface area contributed by atoms with Crippen molar-refractivity contribution in [2.75, 3.05) is 0 Å². The Labute approximate surface area is 186 Å². The fourth-order valence-corrected chi connectivity index (χ4v) is 5.66. The third kappa shape index (κ3) is 2.97. The van der Waals surface area contributed by atoms with Crippen molar-refractivity contribution in [2.24, 2.45) is 0 Å². The van der Waals surface area contributed by atoms with Crippen molar-refractivity contribution in [3.8, 4) is 11.3 Å². The summed E-state index contributed by atoms with van der Waals surface area (Å²) in [6.45, 7) is 0. The van der Waals surface area contributed by atoms with Crippen LogP contribution in [-0.2, 0) is 0 Å². The van der Waals surface area contributed by atoms with E-state index in [4.69, 9.17) is 0 Å². The van der Waals surface area contributed by atoms with Crippen molar-refractivity contribution in [2.45, 2.75) is 44.2 Å². The monoisotopic (exact) mass is 424 g/mol. The van der Waals surface area contributed by atoms with Gasteiger partial charge < -0.3 is 9.88 Å². The van der Waals surface area contributed by atoms with Gasteiger partial charge in [0.15, 0.2) is 0 Å². The van der Waals surface area contributed by atoms with E-state index in [9.17, 15) is 9.18 Å². The minimum Gasteiger partial charge on any atom is -0.354 e. The summed E-state index contributed by atoms with van der Waals surface area (Å²) in [5, 5.41) is 1.11. The maximum atomic E-state index is 13.7. The molecular weight excluding hydrogens is 399 g/mol. The molecule has 0 spiro atoms. The Morgan fingerprint density at radius 2 is 1.56 bits per heavy atom. The molecule has 1 N–H and O–H groups in total. The van der Waals surface area contributed by atoms with Gasteiger partial charge in [-0.2, -0.15) is 0 Å². The van der Waals surface area contributed by atoms with Crippen LogP contribution in [0.2, 0.25) is 0 Å². The van der Waals surface area contributed by atoms with Gasteiger partial charge in [-0.3, -0.25) is 4.79 Å². The summed E-state index contributed by atoms with van der Waals surface area (Å²) < 4.78 is 13.7. The molecule has 1 aliphatic heterocycles. The average molecular weight is 425 g/mol. The summed E-state index contributed by atoms with van der Waals surface area (Å²) in [6.07, 6.45) is 5.66. The molecule has 2 heterocycles. The Balaban J connectivity index is 1.61. The zero-order chi connectivity index (χ0) is 21.7. The van der Waals surface area contributed by atoms with Gasteiger partial charge in [0.25, 0.3) is 5.91 Å². The van der Waals surface area contributed by atoms with Gasteiger partial charge >= 0.3 is 0 Å². The molecule has 32 heavy (non-hydrogen) atoms. The molecule has 1 atom stereocenters. The van der Waals surface area contributed by atoms with Crippen LogP contribution in [0.15, 0.2) is 72.8 Å². The number of nitrogens with one attached hydrogen (secondary N) is 1. The van der Waals surface area contributed by atoms with Crippen LogP contribution >= 0.6 is 0 Å². The van der Waals surface area contributed by atoms with Gasteiger partial charge in [0.1, 0.15) is 5.82 Å². The van der Waals surface area contributed by atoms with E-state index in [0.717, 1.165) is 64.5 Å². The maximum Gasteiger partial charge on any atom is 0.255 e. The maximum absolute atomic E-state index is 13.7. The highest BCUT2D eigenvalue weighted by Gasteiger charge is 2.43. The predicted octanol–water partition coefficient (Wildman–Crippen LogP) is 6.85. The molecule has 1 amide bonds. The van der Waals surface area contributed by atoms with Crippen LogP contribution in [-0.4, -0.2) is 21.8 Å². The number of halogens is 1. The number of hydrogen-bond acceptors (Lipinski definition) is 1. The van der Waals surface area contributed by atoms with Crippen LogP contribution in [0.25, 0.3) is 22.2 Å². The Kier molecular flexibility index (Phi) is 4.60. The average Bonchev–Trinajstić information content (AvgIpc) is 3.35. The van der Waals surface area contributed by atoms with E-state index >= 15 is 0 Å². The minimum absolute atomic E-state index is 0.132. The van der Waals surface area contributed by atoms with Crippen molar-refractivity contribution in [1.29, 1.82) is 0 Å². The lowest BCUT2D eigenvalue weighted by molar-refractivity contribution is 0.0614. The molecular formula is C28H25FN2O. The van der Waals surface area contributed by atoms with Crippen LogP contribution < -0.4 is 0 Å². The topological polar surface area (TPSA) is 36.1 Å². The number of benzene rings is 3. The van der Waals surface area contributed by atoms with Gasteiger partial charge in [0.05, 0.1) is 11.7 Å². The number of nitrogens with zero attached hydrogens (tertiary/aromatic N) is 1. The molecule has 4 aromatic rings. The lowest BCUT2D eigenvalue weighted by Crippen LogP contribution is -2.40. The van der Waals surface area contributed by atoms with Gasteiger partial charge in [0, 0.05) is 28.1 Å². The van der Waals surface area contributed by atoms with Crippen molar-refractivity contribution in [1.82, 2.24) is 9.88 Å². The number of H-pyrrole nitrogens is 1. The molecule has 160 valence electrons. The molecule has 2 aliphatic rings. The number of carbonyl (C=O) groups excluding carboxylic acids is 1. The highest BCUT2D eigenvalue weighted by Crippen LogP contribution is 2.47. The molecule has 0 bridgehead atoms. The molecule has 1 aromatic heterocycles. The molecule has 0 unspecified atom stereocenters. The summed E-state index contributed by atoms with van der Waals surface area (Å²) in [4.78, 5) is 19.4. The Bertz CT molecular complexity index is 1300. The smallest absolute Gasteiger partial charge is 0.255 e. The van der Waals surface area contributed by atoms with E-state index in [2.05, 4.69) is 28.1 Å². The van der Waals surface area contributed by atoms with E-state index < -0.39 is 0 Å². The van der Waals surface area contributed by atoms with Gasteiger partial charge in [-0.1, -0.05) is 55.7 Å². The number of fused-ring (bicyclic) bond motifs is 2. The second-order valence-electron chi connectivity index (χ2n) is 8.96. The third-order valence-electron chi connectivity index (χ3n) is 7.12. The summed E-state index contributed by atoms with van der Waals surface area (Å²) >= 11 is 0. The number of aromatic amines is 1. The quantitative estimate of drug-likeness (QED) is 0.383. The van der Waals surface area contributed by atoms with Gasteiger partial charge in [-0.25, -0.2) is 4.39 Å². The SMILES string of the molecule is O=C1c2ccccc2[C@@H](c2c(-c3ccc(F)cc3)[nH]c3ccccc23)N1C1CCCCC1.